The second kappa shape index (κ2) is 7.83. The molecule has 0 saturated heterocycles. The second-order valence-corrected chi connectivity index (χ2v) is 7.88. The van der Waals surface area contributed by atoms with Gasteiger partial charge in [0.2, 0.25) is 5.91 Å². The lowest BCUT2D eigenvalue weighted by molar-refractivity contribution is -0.114. The van der Waals surface area contributed by atoms with Gasteiger partial charge in [0.1, 0.15) is 0 Å². The summed E-state index contributed by atoms with van der Waals surface area (Å²) >= 11 is 0.381. The molecule has 0 spiro atoms. The monoisotopic (exact) mass is 386 g/mol. The molecule has 0 unspecified atom stereocenters. The number of amides is 1. The summed E-state index contributed by atoms with van der Waals surface area (Å²) in [5.74, 6) is -2.85. The van der Waals surface area contributed by atoms with Gasteiger partial charge in [-0.1, -0.05) is 17.8 Å². The maximum Gasteiger partial charge on any atom is 0.288 e. The number of sulfonamides is 1. The van der Waals surface area contributed by atoms with E-state index in [1.165, 1.54) is 37.3 Å². The molecule has 25 heavy (non-hydrogen) atoms. The molecule has 134 valence electrons. The van der Waals surface area contributed by atoms with Crippen LogP contribution in [0.5, 0.6) is 0 Å². The van der Waals surface area contributed by atoms with E-state index in [1.54, 1.807) is 19.1 Å². The van der Waals surface area contributed by atoms with Crippen LogP contribution in [-0.2, 0) is 14.8 Å². The van der Waals surface area contributed by atoms with E-state index in [0.717, 1.165) is 0 Å². The van der Waals surface area contributed by atoms with Gasteiger partial charge >= 0.3 is 0 Å². The minimum Gasteiger partial charge on any atom is -0.326 e. The van der Waals surface area contributed by atoms with E-state index >= 15 is 0 Å². The fourth-order valence-corrected chi connectivity index (χ4v) is 3.91. The van der Waals surface area contributed by atoms with Crippen LogP contribution < -0.4 is 10.0 Å². The molecule has 0 radical (unpaired) electrons. The molecule has 0 aromatic heterocycles. The van der Waals surface area contributed by atoms with Gasteiger partial charge in [-0.3, -0.25) is 9.52 Å². The molecule has 0 fully saturated rings. The number of carbonyl (C=O) groups excluding carboxylic acids is 1. The van der Waals surface area contributed by atoms with Crippen molar-refractivity contribution in [1.82, 2.24) is 0 Å². The van der Waals surface area contributed by atoms with Crippen molar-refractivity contribution in [1.29, 1.82) is 0 Å². The van der Waals surface area contributed by atoms with Gasteiger partial charge in [-0.05, 0) is 48.9 Å². The lowest BCUT2D eigenvalue weighted by Crippen LogP contribution is -2.15. The molecule has 0 aliphatic carbocycles. The molecule has 0 atom stereocenters. The van der Waals surface area contributed by atoms with Crippen LogP contribution in [0.25, 0.3) is 0 Å². The summed E-state index contributed by atoms with van der Waals surface area (Å²) in [7, 11) is -3.89. The number of hydrogen-bond donors (Lipinski definition) is 2. The Morgan fingerprint density at radius 1 is 1.08 bits per heavy atom. The Morgan fingerprint density at radius 3 is 2.24 bits per heavy atom. The zero-order valence-corrected chi connectivity index (χ0v) is 15.0. The number of carbonyl (C=O) groups is 1. The van der Waals surface area contributed by atoms with Gasteiger partial charge in [0.05, 0.1) is 4.90 Å². The lowest BCUT2D eigenvalue weighted by atomic mass is 10.2. The van der Waals surface area contributed by atoms with Gasteiger partial charge in [-0.2, -0.15) is 8.78 Å². The highest BCUT2D eigenvalue weighted by atomic mass is 32.2. The summed E-state index contributed by atoms with van der Waals surface area (Å²) < 4.78 is 52.2. The second-order valence-electron chi connectivity index (χ2n) is 5.17. The number of nitrogens with one attached hydrogen (secondary N) is 2. The van der Waals surface area contributed by atoms with E-state index in [9.17, 15) is 22.0 Å². The fraction of sp³-hybridized carbons (Fsp3) is 0.188. The Morgan fingerprint density at radius 2 is 1.68 bits per heavy atom. The van der Waals surface area contributed by atoms with Crippen LogP contribution in [0.3, 0.4) is 0 Å². The van der Waals surface area contributed by atoms with Crippen molar-refractivity contribution in [3.05, 3.63) is 48.0 Å². The van der Waals surface area contributed by atoms with E-state index < -0.39 is 15.8 Å². The van der Waals surface area contributed by atoms with Crippen molar-refractivity contribution in [2.45, 2.75) is 29.4 Å². The number of aryl methyl sites for hydroxylation is 1. The summed E-state index contributed by atoms with van der Waals surface area (Å²) in [6, 6.07) is 10.2. The molecular weight excluding hydrogens is 370 g/mol. The van der Waals surface area contributed by atoms with Crippen molar-refractivity contribution in [2.24, 2.45) is 0 Å². The molecule has 2 rings (SSSR count). The molecule has 2 N–H and O–H groups in total. The van der Waals surface area contributed by atoms with Gasteiger partial charge in [0.25, 0.3) is 15.8 Å². The van der Waals surface area contributed by atoms with Crippen LogP contribution in [0.1, 0.15) is 12.5 Å². The van der Waals surface area contributed by atoms with E-state index in [0.29, 0.717) is 27.9 Å². The van der Waals surface area contributed by atoms with Crippen molar-refractivity contribution in [3.8, 4) is 0 Å². The van der Waals surface area contributed by atoms with Crippen molar-refractivity contribution >= 4 is 39.1 Å². The minimum absolute atomic E-state index is 0.0183. The average molecular weight is 386 g/mol. The summed E-state index contributed by atoms with van der Waals surface area (Å²) in [4.78, 5) is 11.5. The quantitative estimate of drug-likeness (QED) is 0.734. The Hall–Kier alpha value is -2.13. The van der Waals surface area contributed by atoms with E-state index in [2.05, 4.69) is 10.0 Å². The number of anilines is 2. The average Bonchev–Trinajstić information content (AvgIpc) is 2.50. The van der Waals surface area contributed by atoms with Gasteiger partial charge in [0.15, 0.2) is 0 Å². The van der Waals surface area contributed by atoms with Crippen molar-refractivity contribution < 1.29 is 22.0 Å². The number of alkyl halides is 2. The fourth-order valence-electron chi connectivity index (χ4n) is 2.09. The first-order chi connectivity index (χ1) is 11.7. The van der Waals surface area contributed by atoms with E-state index in [1.807, 2.05) is 0 Å². The molecule has 9 heteroatoms. The van der Waals surface area contributed by atoms with Crippen LogP contribution in [0.4, 0.5) is 20.2 Å². The van der Waals surface area contributed by atoms with Crippen LogP contribution in [0, 0.1) is 6.92 Å². The first-order valence-electron chi connectivity index (χ1n) is 7.13. The highest BCUT2D eigenvalue weighted by Gasteiger charge is 2.18. The normalized spacial score (nSPS) is 11.4. The van der Waals surface area contributed by atoms with Gasteiger partial charge in [0, 0.05) is 23.2 Å². The van der Waals surface area contributed by atoms with E-state index in [4.69, 9.17) is 0 Å². The molecule has 5 nitrogen and oxygen atoms in total. The number of thioether (sulfide) groups is 1. The molecule has 0 aliphatic rings. The third-order valence-corrected chi connectivity index (χ3v) is 5.38. The number of hydrogen-bond acceptors (Lipinski definition) is 4. The Kier molecular flexibility index (Phi) is 6.02. The van der Waals surface area contributed by atoms with Gasteiger partial charge in [-0.25, -0.2) is 8.42 Å². The zero-order valence-electron chi connectivity index (χ0n) is 13.4. The number of rotatable bonds is 6. The maximum absolute atomic E-state index is 12.6. The first kappa shape index (κ1) is 19.2. The third-order valence-electron chi connectivity index (χ3n) is 3.13. The summed E-state index contributed by atoms with van der Waals surface area (Å²) in [5, 5.41) is 2.53. The summed E-state index contributed by atoms with van der Waals surface area (Å²) in [5.41, 5.74) is 1.12. The van der Waals surface area contributed by atoms with Gasteiger partial charge < -0.3 is 5.32 Å². The number of halogens is 2. The van der Waals surface area contributed by atoms with Crippen molar-refractivity contribution in [2.75, 3.05) is 10.0 Å². The Balaban J connectivity index is 2.25. The molecule has 2 aromatic rings. The predicted molar refractivity (Wildman–Crippen MR) is 94.6 cm³/mol. The van der Waals surface area contributed by atoms with Crippen molar-refractivity contribution in [3.63, 3.8) is 0 Å². The molecular formula is C16H16F2N2O3S2. The van der Waals surface area contributed by atoms with Crippen LogP contribution in [-0.4, -0.2) is 20.1 Å². The molecule has 0 aliphatic heterocycles. The third kappa shape index (κ3) is 5.43. The number of benzene rings is 2. The first-order valence-corrected chi connectivity index (χ1v) is 9.49. The smallest absolute Gasteiger partial charge is 0.288 e. The van der Waals surface area contributed by atoms with Gasteiger partial charge in [-0.15, -0.1) is 0 Å². The Bertz CT molecular complexity index is 869. The molecule has 0 saturated carbocycles. The minimum atomic E-state index is -3.89. The SMILES string of the molecule is CC(=O)Nc1ccc(C)c(S(=O)(=O)Nc2ccc(SC(F)F)cc2)c1. The topological polar surface area (TPSA) is 75.3 Å². The highest BCUT2D eigenvalue weighted by Crippen LogP contribution is 2.27. The molecule has 1 amide bonds. The van der Waals surface area contributed by atoms with Crippen LogP contribution in [0.2, 0.25) is 0 Å². The standard InChI is InChI=1S/C16H16F2N2O3S2/c1-10-3-4-13(19-11(2)21)9-15(10)25(22,23)20-12-5-7-14(8-6-12)24-16(17)18/h3-9,16,20H,1-2H3,(H,19,21). The maximum atomic E-state index is 12.6. The van der Waals surface area contributed by atoms with Crippen LogP contribution >= 0.6 is 11.8 Å². The molecule has 0 bridgehead atoms. The summed E-state index contributed by atoms with van der Waals surface area (Å²) in [6.45, 7) is 2.96. The van der Waals surface area contributed by atoms with Crippen LogP contribution in [0.15, 0.2) is 52.3 Å². The largest absolute Gasteiger partial charge is 0.326 e. The molecule has 0 heterocycles. The predicted octanol–water partition coefficient (Wildman–Crippen LogP) is 4.07. The van der Waals surface area contributed by atoms with E-state index in [-0.39, 0.29) is 16.5 Å². The lowest BCUT2D eigenvalue weighted by Gasteiger charge is -2.12. The molecule has 2 aromatic carbocycles. The highest BCUT2D eigenvalue weighted by molar-refractivity contribution is 7.99. The summed E-state index contributed by atoms with van der Waals surface area (Å²) in [6.07, 6.45) is 0. The zero-order chi connectivity index (χ0) is 18.6. The Labute approximate surface area is 148 Å².